The first-order valence-corrected chi connectivity index (χ1v) is 5.86. The fraction of sp³-hybridized carbons (Fsp3) is 0.500. The van der Waals surface area contributed by atoms with Crippen LogP contribution in [0.15, 0.2) is 12.3 Å². The van der Waals surface area contributed by atoms with Crippen molar-refractivity contribution in [1.29, 1.82) is 0 Å². The number of carboxylic acid groups (broad SMARTS) is 1. The number of nitrogens with one attached hydrogen (secondary N) is 1. The topological polar surface area (TPSA) is 74.7 Å². The van der Waals surface area contributed by atoms with Gasteiger partial charge >= 0.3 is 5.97 Å². The second-order valence-corrected chi connectivity index (χ2v) is 4.17. The molecule has 0 fully saturated rings. The van der Waals surface area contributed by atoms with E-state index in [1.807, 2.05) is 19.0 Å². The number of aromatic carboxylic acids is 1. The Morgan fingerprint density at radius 1 is 1.53 bits per heavy atom. The second kappa shape index (κ2) is 7.65. The van der Waals surface area contributed by atoms with E-state index in [1.165, 1.54) is 6.20 Å². The normalized spacial score (nSPS) is 10.7. The zero-order chi connectivity index (χ0) is 14.3. The first kappa shape index (κ1) is 15.3. The van der Waals surface area contributed by atoms with Crippen molar-refractivity contribution in [3.05, 3.63) is 23.6 Å². The van der Waals surface area contributed by atoms with Crippen LogP contribution in [0.5, 0.6) is 0 Å². The molecule has 7 heteroatoms. The van der Waals surface area contributed by atoms with E-state index in [0.717, 1.165) is 12.6 Å². The lowest BCUT2D eigenvalue weighted by molar-refractivity contribution is 0.0692. The van der Waals surface area contributed by atoms with E-state index in [-0.39, 0.29) is 5.82 Å². The molecule has 0 radical (unpaired) electrons. The van der Waals surface area contributed by atoms with E-state index in [4.69, 9.17) is 9.84 Å². The van der Waals surface area contributed by atoms with Crippen LogP contribution in [0.2, 0.25) is 0 Å². The molecule has 19 heavy (non-hydrogen) atoms. The molecule has 0 saturated heterocycles. The fourth-order valence-electron chi connectivity index (χ4n) is 1.32. The zero-order valence-electron chi connectivity index (χ0n) is 11.0. The van der Waals surface area contributed by atoms with Gasteiger partial charge in [-0.15, -0.1) is 0 Å². The van der Waals surface area contributed by atoms with Crippen molar-refractivity contribution in [1.82, 2.24) is 9.88 Å². The summed E-state index contributed by atoms with van der Waals surface area (Å²) in [5, 5.41) is 11.5. The molecule has 0 spiro atoms. The highest BCUT2D eigenvalue weighted by molar-refractivity contribution is 5.88. The Morgan fingerprint density at radius 3 is 2.89 bits per heavy atom. The third kappa shape index (κ3) is 5.19. The van der Waals surface area contributed by atoms with Gasteiger partial charge in [0.1, 0.15) is 5.56 Å². The molecule has 1 aromatic rings. The lowest BCUT2D eigenvalue weighted by atomic mass is 10.2. The number of likely N-dealkylation sites (N-methyl/N-ethyl adjacent to an activating group) is 1. The SMILES string of the molecule is CN(C)CCOCCNc1nccc(C(=O)O)c1F. The predicted molar refractivity (Wildman–Crippen MR) is 69.0 cm³/mol. The van der Waals surface area contributed by atoms with Crippen LogP contribution in [0.3, 0.4) is 0 Å². The monoisotopic (exact) mass is 271 g/mol. The zero-order valence-corrected chi connectivity index (χ0v) is 11.0. The van der Waals surface area contributed by atoms with Crippen molar-refractivity contribution in [2.45, 2.75) is 0 Å². The third-order valence-electron chi connectivity index (χ3n) is 2.34. The number of carboxylic acids is 1. The molecule has 0 saturated carbocycles. The number of nitrogens with zero attached hydrogens (tertiary/aromatic N) is 2. The maximum Gasteiger partial charge on any atom is 0.338 e. The Hall–Kier alpha value is -1.73. The van der Waals surface area contributed by atoms with Crippen LogP contribution in [0.1, 0.15) is 10.4 Å². The minimum atomic E-state index is -1.31. The maximum atomic E-state index is 13.7. The van der Waals surface area contributed by atoms with Crippen LogP contribution < -0.4 is 5.32 Å². The van der Waals surface area contributed by atoms with Gasteiger partial charge in [-0.3, -0.25) is 0 Å². The molecule has 0 aliphatic carbocycles. The van der Waals surface area contributed by atoms with Crippen LogP contribution in [-0.4, -0.2) is 61.4 Å². The number of ether oxygens (including phenoxy) is 1. The van der Waals surface area contributed by atoms with E-state index < -0.39 is 17.3 Å². The number of hydrogen-bond donors (Lipinski definition) is 2. The molecule has 1 heterocycles. The molecule has 0 unspecified atom stereocenters. The van der Waals surface area contributed by atoms with Gasteiger partial charge in [-0.1, -0.05) is 0 Å². The van der Waals surface area contributed by atoms with Gasteiger partial charge in [0.05, 0.1) is 13.2 Å². The van der Waals surface area contributed by atoms with Gasteiger partial charge in [0.2, 0.25) is 0 Å². The average Bonchev–Trinajstić information content (AvgIpc) is 2.34. The summed E-state index contributed by atoms with van der Waals surface area (Å²) in [5.74, 6) is -2.25. The summed E-state index contributed by atoms with van der Waals surface area (Å²) in [6, 6.07) is 1.12. The summed E-state index contributed by atoms with van der Waals surface area (Å²) in [6.45, 7) is 2.15. The second-order valence-electron chi connectivity index (χ2n) is 4.17. The van der Waals surface area contributed by atoms with Crippen LogP contribution in [0, 0.1) is 5.82 Å². The molecule has 106 valence electrons. The first-order valence-electron chi connectivity index (χ1n) is 5.86. The number of anilines is 1. The van der Waals surface area contributed by atoms with Crippen LogP contribution in [0.4, 0.5) is 10.2 Å². The van der Waals surface area contributed by atoms with Crippen molar-refractivity contribution in [3.63, 3.8) is 0 Å². The molecular weight excluding hydrogens is 253 g/mol. The molecule has 0 amide bonds. The summed E-state index contributed by atoms with van der Waals surface area (Å²) in [6.07, 6.45) is 1.25. The lowest BCUT2D eigenvalue weighted by Gasteiger charge is -2.11. The molecule has 1 aromatic heterocycles. The van der Waals surface area contributed by atoms with Crippen LogP contribution >= 0.6 is 0 Å². The van der Waals surface area contributed by atoms with Gasteiger partial charge in [0.15, 0.2) is 11.6 Å². The van der Waals surface area contributed by atoms with Gasteiger partial charge < -0.3 is 20.1 Å². The highest BCUT2D eigenvalue weighted by Crippen LogP contribution is 2.14. The smallest absolute Gasteiger partial charge is 0.338 e. The molecule has 0 atom stereocenters. The van der Waals surface area contributed by atoms with Crippen molar-refractivity contribution >= 4 is 11.8 Å². The van der Waals surface area contributed by atoms with Crippen molar-refractivity contribution < 1.29 is 19.0 Å². The molecule has 6 nitrogen and oxygen atoms in total. The minimum Gasteiger partial charge on any atom is -0.478 e. The van der Waals surface area contributed by atoms with E-state index in [1.54, 1.807) is 0 Å². The molecule has 0 aromatic carbocycles. The summed E-state index contributed by atoms with van der Waals surface area (Å²) in [4.78, 5) is 16.5. The van der Waals surface area contributed by atoms with Gasteiger partial charge in [0, 0.05) is 19.3 Å². The number of pyridine rings is 1. The average molecular weight is 271 g/mol. The Labute approximate surface area is 111 Å². The molecule has 0 aliphatic heterocycles. The molecular formula is C12H18FN3O3. The van der Waals surface area contributed by atoms with E-state index >= 15 is 0 Å². The molecule has 2 N–H and O–H groups in total. The number of aromatic nitrogens is 1. The summed E-state index contributed by atoms with van der Waals surface area (Å²) >= 11 is 0. The number of halogens is 1. The van der Waals surface area contributed by atoms with Gasteiger partial charge in [-0.2, -0.15) is 0 Å². The summed E-state index contributed by atoms with van der Waals surface area (Å²) in [5.41, 5.74) is -0.397. The molecule has 0 aliphatic rings. The minimum absolute atomic E-state index is 0.0730. The van der Waals surface area contributed by atoms with Crippen LogP contribution in [0.25, 0.3) is 0 Å². The van der Waals surface area contributed by atoms with Crippen molar-refractivity contribution in [2.75, 3.05) is 45.7 Å². The first-order chi connectivity index (χ1) is 9.02. The summed E-state index contributed by atoms with van der Waals surface area (Å²) in [7, 11) is 3.89. The number of hydrogen-bond acceptors (Lipinski definition) is 5. The Morgan fingerprint density at radius 2 is 2.26 bits per heavy atom. The van der Waals surface area contributed by atoms with E-state index in [9.17, 15) is 9.18 Å². The van der Waals surface area contributed by atoms with Gasteiger partial charge in [-0.25, -0.2) is 14.2 Å². The van der Waals surface area contributed by atoms with E-state index in [2.05, 4.69) is 10.3 Å². The third-order valence-corrected chi connectivity index (χ3v) is 2.34. The number of carbonyl (C=O) groups is 1. The summed E-state index contributed by atoms with van der Waals surface area (Å²) < 4.78 is 19.0. The van der Waals surface area contributed by atoms with Crippen LogP contribution in [-0.2, 0) is 4.74 Å². The Balaban J connectivity index is 2.37. The quantitative estimate of drug-likeness (QED) is 0.685. The van der Waals surface area contributed by atoms with E-state index in [0.29, 0.717) is 19.8 Å². The predicted octanol–water partition coefficient (Wildman–Crippen LogP) is 0.909. The number of rotatable bonds is 8. The highest BCUT2D eigenvalue weighted by atomic mass is 19.1. The Bertz CT molecular complexity index is 427. The van der Waals surface area contributed by atoms with Gasteiger partial charge in [0.25, 0.3) is 0 Å². The Kier molecular flexibility index (Phi) is 6.17. The fourth-order valence-corrected chi connectivity index (χ4v) is 1.32. The lowest BCUT2D eigenvalue weighted by Crippen LogP contribution is -2.20. The van der Waals surface area contributed by atoms with Gasteiger partial charge in [-0.05, 0) is 20.2 Å². The highest BCUT2D eigenvalue weighted by Gasteiger charge is 2.14. The van der Waals surface area contributed by atoms with Crippen molar-refractivity contribution in [3.8, 4) is 0 Å². The molecule has 1 rings (SSSR count). The van der Waals surface area contributed by atoms with Crippen molar-refractivity contribution in [2.24, 2.45) is 0 Å². The largest absolute Gasteiger partial charge is 0.478 e. The molecule has 0 bridgehead atoms. The maximum absolute atomic E-state index is 13.7. The standard InChI is InChI=1S/C12H18FN3O3/c1-16(2)6-8-19-7-5-15-11-10(13)9(12(17)18)3-4-14-11/h3-4H,5-8H2,1-2H3,(H,14,15)(H,17,18).